The molecule has 0 bridgehead atoms. The van der Waals surface area contributed by atoms with E-state index < -0.39 is 12.1 Å². The molecule has 1 heterocycles. The lowest BCUT2D eigenvalue weighted by Gasteiger charge is -2.17. The number of nitrogens with zero attached hydrogens (tertiary/aromatic N) is 4. The Morgan fingerprint density at radius 1 is 1.17 bits per heavy atom. The van der Waals surface area contributed by atoms with E-state index in [1.807, 2.05) is 0 Å². The van der Waals surface area contributed by atoms with Crippen LogP contribution in [-0.2, 0) is 0 Å². The van der Waals surface area contributed by atoms with E-state index in [1.54, 1.807) is 0 Å². The second-order valence-electron chi connectivity index (χ2n) is 2.98. The molecular formula is C7H12N8O3. The molecular weight excluding hydrogens is 244 g/mol. The maximum absolute atomic E-state index is 10.9. The largest absolute Gasteiger partial charge is 0.481 e. The zero-order valence-electron chi connectivity index (χ0n) is 9.40. The quantitative estimate of drug-likeness (QED) is 0.274. The van der Waals surface area contributed by atoms with Crippen LogP contribution in [0.2, 0.25) is 0 Å². The first kappa shape index (κ1) is 13.4. The highest BCUT2D eigenvalue weighted by Gasteiger charge is 2.17. The van der Waals surface area contributed by atoms with E-state index in [2.05, 4.69) is 9.97 Å². The lowest BCUT2D eigenvalue weighted by Crippen LogP contribution is -2.44. The van der Waals surface area contributed by atoms with Crippen molar-refractivity contribution >= 4 is 23.8 Å². The molecule has 0 spiro atoms. The summed E-state index contributed by atoms with van der Waals surface area (Å²) in [5.41, 5.74) is 9.92. The third kappa shape index (κ3) is 2.72. The first-order chi connectivity index (χ1) is 8.36. The molecule has 0 aliphatic heterocycles. The Balaban J connectivity index is 3.25. The fourth-order valence-electron chi connectivity index (χ4n) is 0.948. The summed E-state index contributed by atoms with van der Waals surface area (Å²) in [4.78, 5) is 29.3. The summed E-state index contributed by atoms with van der Waals surface area (Å²) in [6.07, 6.45) is 0. The Morgan fingerprint density at radius 3 is 2.17 bits per heavy atom. The lowest BCUT2D eigenvalue weighted by atomic mass is 10.5. The van der Waals surface area contributed by atoms with Gasteiger partial charge >= 0.3 is 12.1 Å². The van der Waals surface area contributed by atoms with Crippen LogP contribution >= 0.6 is 0 Å². The molecule has 0 saturated heterocycles. The standard InChI is InChI=1S/C7H12N8O3/c1-18-4-2-3(14(10)5(8)16)12-7(13-4)15(11)6(9)17/h2H,10-11H2,1H3,(H2,8,16)(H2,9,17). The van der Waals surface area contributed by atoms with Gasteiger partial charge in [-0.05, 0) is 0 Å². The van der Waals surface area contributed by atoms with Crippen LogP contribution in [0, 0.1) is 0 Å². The van der Waals surface area contributed by atoms with Gasteiger partial charge in [0.15, 0.2) is 5.82 Å². The van der Waals surface area contributed by atoms with Gasteiger partial charge in [-0.3, -0.25) is 0 Å². The molecule has 0 aliphatic carbocycles. The molecule has 0 saturated carbocycles. The first-order valence-corrected chi connectivity index (χ1v) is 4.48. The summed E-state index contributed by atoms with van der Waals surface area (Å²) in [6.45, 7) is 0. The number of hydrazine groups is 2. The summed E-state index contributed by atoms with van der Waals surface area (Å²) >= 11 is 0. The van der Waals surface area contributed by atoms with E-state index in [9.17, 15) is 9.59 Å². The Hall–Kier alpha value is -2.66. The molecule has 1 aromatic heterocycles. The number of rotatable bonds is 3. The van der Waals surface area contributed by atoms with Gasteiger partial charge in [-0.25, -0.2) is 26.3 Å². The molecule has 4 amide bonds. The van der Waals surface area contributed by atoms with Crippen molar-refractivity contribution in [2.75, 3.05) is 17.1 Å². The van der Waals surface area contributed by atoms with Crippen LogP contribution in [0.5, 0.6) is 5.88 Å². The maximum Gasteiger partial charge on any atom is 0.336 e. The Morgan fingerprint density at radius 2 is 1.72 bits per heavy atom. The topological polar surface area (TPSA) is 180 Å². The number of urea groups is 2. The van der Waals surface area contributed by atoms with Gasteiger partial charge in [0.1, 0.15) is 0 Å². The molecule has 0 radical (unpaired) electrons. The average molecular weight is 256 g/mol. The first-order valence-electron chi connectivity index (χ1n) is 4.48. The molecule has 0 unspecified atom stereocenters. The van der Waals surface area contributed by atoms with Crippen LogP contribution in [0.3, 0.4) is 0 Å². The van der Waals surface area contributed by atoms with E-state index in [0.717, 1.165) is 0 Å². The van der Waals surface area contributed by atoms with Crippen LogP contribution < -0.4 is 37.9 Å². The zero-order chi connectivity index (χ0) is 13.9. The number of methoxy groups -OCH3 is 1. The van der Waals surface area contributed by atoms with Gasteiger partial charge in [0.2, 0.25) is 5.88 Å². The van der Waals surface area contributed by atoms with Crippen molar-refractivity contribution in [1.29, 1.82) is 0 Å². The molecule has 98 valence electrons. The van der Waals surface area contributed by atoms with Gasteiger partial charge in [0.25, 0.3) is 5.95 Å². The minimum absolute atomic E-state index is 0.0170. The van der Waals surface area contributed by atoms with Crippen molar-refractivity contribution in [3.63, 3.8) is 0 Å². The van der Waals surface area contributed by atoms with Crippen molar-refractivity contribution in [2.45, 2.75) is 0 Å². The predicted octanol–water partition coefficient (Wildman–Crippen LogP) is -2.00. The van der Waals surface area contributed by atoms with Crippen molar-refractivity contribution in [3.8, 4) is 5.88 Å². The minimum atomic E-state index is -1.00. The SMILES string of the molecule is COc1cc(N(N)C(N)=O)nc(N(N)C(N)=O)n1. The van der Waals surface area contributed by atoms with Crippen molar-refractivity contribution in [3.05, 3.63) is 6.07 Å². The van der Waals surface area contributed by atoms with Gasteiger partial charge in [0.05, 0.1) is 7.11 Å². The van der Waals surface area contributed by atoms with E-state index in [1.165, 1.54) is 13.2 Å². The van der Waals surface area contributed by atoms with Crippen LogP contribution in [0.15, 0.2) is 6.07 Å². The summed E-state index contributed by atoms with van der Waals surface area (Å²) in [6, 6.07) is -0.746. The van der Waals surface area contributed by atoms with E-state index in [0.29, 0.717) is 10.0 Å². The van der Waals surface area contributed by atoms with Crippen molar-refractivity contribution in [1.82, 2.24) is 9.97 Å². The number of anilines is 2. The predicted molar refractivity (Wildman–Crippen MR) is 61.1 cm³/mol. The van der Waals surface area contributed by atoms with Gasteiger partial charge in [-0.1, -0.05) is 0 Å². The second kappa shape index (κ2) is 5.11. The zero-order valence-corrected chi connectivity index (χ0v) is 9.40. The Bertz CT molecular complexity index is 440. The number of ether oxygens (including phenoxy) is 1. The van der Waals surface area contributed by atoms with Crippen molar-refractivity contribution in [2.24, 2.45) is 23.2 Å². The number of aromatic nitrogens is 2. The van der Waals surface area contributed by atoms with E-state index in [4.69, 9.17) is 27.9 Å². The molecule has 0 aliphatic rings. The smallest absolute Gasteiger partial charge is 0.336 e. The highest BCUT2D eigenvalue weighted by molar-refractivity contribution is 5.90. The fourth-order valence-corrected chi connectivity index (χ4v) is 0.948. The van der Waals surface area contributed by atoms with E-state index in [-0.39, 0.29) is 17.6 Å². The summed E-state index contributed by atoms with van der Waals surface area (Å²) in [7, 11) is 1.31. The molecule has 11 nitrogen and oxygen atoms in total. The number of amides is 4. The molecule has 11 heteroatoms. The van der Waals surface area contributed by atoms with Crippen LogP contribution in [0.1, 0.15) is 0 Å². The van der Waals surface area contributed by atoms with Gasteiger partial charge in [-0.2, -0.15) is 15.0 Å². The number of hydrogen-bond acceptors (Lipinski definition) is 7. The second-order valence-corrected chi connectivity index (χ2v) is 2.98. The summed E-state index contributed by atoms with van der Waals surface area (Å²) in [5, 5.41) is 0.989. The molecule has 8 N–H and O–H groups in total. The third-order valence-corrected chi connectivity index (χ3v) is 1.82. The van der Waals surface area contributed by atoms with E-state index >= 15 is 0 Å². The maximum atomic E-state index is 10.9. The number of carbonyl (C=O) groups is 2. The van der Waals surface area contributed by atoms with Crippen LogP contribution in [0.25, 0.3) is 0 Å². The molecule has 1 rings (SSSR count). The number of primary amides is 2. The number of nitrogens with two attached hydrogens (primary N) is 4. The Labute approximate surface area is 101 Å². The average Bonchev–Trinajstić information content (AvgIpc) is 2.35. The minimum Gasteiger partial charge on any atom is -0.481 e. The summed E-state index contributed by atoms with van der Waals surface area (Å²) in [5.74, 6) is 10.3. The number of hydrogen-bond donors (Lipinski definition) is 4. The molecule has 0 fully saturated rings. The molecule has 0 atom stereocenters. The lowest BCUT2D eigenvalue weighted by molar-refractivity contribution is 0.253. The van der Waals surface area contributed by atoms with Gasteiger partial charge < -0.3 is 16.2 Å². The highest BCUT2D eigenvalue weighted by atomic mass is 16.5. The normalized spacial score (nSPS) is 9.72. The highest BCUT2D eigenvalue weighted by Crippen LogP contribution is 2.18. The molecule has 18 heavy (non-hydrogen) atoms. The fraction of sp³-hybridized carbons (Fsp3) is 0.143. The molecule has 1 aromatic rings. The monoisotopic (exact) mass is 256 g/mol. The third-order valence-electron chi connectivity index (χ3n) is 1.82. The van der Waals surface area contributed by atoms with Gasteiger partial charge in [0, 0.05) is 6.07 Å². The summed E-state index contributed by atoms with van der Waals surface area (Å²) < 4.78 is 4.84. The number of carbonyl (C=O) groups excluding carboxylic acids is 2. The molecule has 0 aromatic carbocycles. The van der Waals surface area contributed by atoms with Crippen molar-refractivity contribution < 1.29 is 14.3 Å². The Kier molecular flexibility index (Phi) is 3.81. The van der Waals surface area contributed by atoms with Crippen LogP contribution in [0.4, 0.5) is 21.4 Å². The van der Waals surface area contributed by atoms with Gasteiger partial charge in [-0.15, -0.1) is 0 Å². The van der Waals surface area contributed by atoms with Crippen LogP contribution in [-0.4, -0.2) is 29.1 Å².